The Labute approximate surface area is 224 Å². The number of amides is 2. The van der Waals surface area contributed by atoms with Gasteiger partial charge < -0.3 is 20.0 Å². The minimum atomic E-state index is -0.361. The van der Waals surface area contributed by atoms with Crippen LogP contribution in [0.5, 0.6) is 5.75 Å². The predicted molar refractivity (Wildman–Crippen MR) is 147 cm³/mol. The Balaban J connectivity index is 1.68. The van der Waals surface area contributed by atoms with Crippen molar-refractivity contribution in [1.29, 1.82) is 0 Å². The maximum atomic E-state index is 13.9. The number of hydrogen-bond acceptors (Lipinski definition) is 5. The van der Waals surface area contributed by atoms with Gasteiger partial charge in [0.15, 0.2) is 5.69 Å². The van der Waals surface area contributed by atoms with Gasteiger partial charge in [-0.2, -0.15) is 5.10 Å². The Bertz CT molecular complexity index is 1280. The van der Waals surface area contributed by atoms with Crippen molar-refractivity contribution in [1.82, 2.24) is 19.6 Å². The topological polar surface area (TPSA) is 98.9 Å². The second-order valence-corrected chi connectivity index (χ2v) is 10.0. The number of aromatic hydroxyl groups is 1. The first-order chi connectivity index (χ1) is 18.4. The van der Waals surface area contributed by atoms with Crippen LogP contribution in [0.4, 0.5) is 0 Å². The van der Waals surface area contributed by atoms with Crippen LogP contribution in [-0.4, -0.2) is 67.3 Å². The third kappa shape index (κ3) is 5.75. The molecule has 1 atom stereocenters. The molecule has 8 nitrogen and oxygen atoms in total. The Morgan fingerprint density at radius 2 is 1.71 bits per heavy atom. The van der Waals surface area contributed by atoms with E-state index >= 15 is 0 Å². The van der Waals surface area contributed by atoms with Crippen LogP contribution in [0.1, 0.15) is 77.2 Å². The van der Waals surface area contributed by atoms with E-state index in [2.05, 4.69) is 18.9 Å². The van der Waals surface area contributed by atoms with Gasteiger partial charge in [0.25, 0.3) is 11.8 Å². The molecule has 0 bridgehead atoms. The number of hydrogen-bond donors (Lipinski definition) is 2. The van der Waals surface area contributed by atoms with E-state index in [-0.39, 0.29) is 30.2 Å². The highest BCUT2D eigenvalue weighted by atomic mass is 16.3. The lowest BCUT2D eigenvalue weighted by molar-refractivity contribution is 0.0544. The molecule has 0 unspecified atom stereocenters. The van der Waals surface area contributed by atoms with Crippen molar-refractivity contribution in [3.8, 4) is 11.4 Å². The van der Waals surface area contributed by atoms with Gasteiger partial charge in [0, 0.05) is 31.4 Å². The number of unbranched alkanes of at least 4 members (excludes halogenated alkanes) is 2. The van der Waals surface area contributed by atoms with E-state index in [9.17, 15) is 19.8 Å². The first-order valence-electron chi connectivity index (χ1n) is 13.6. The number of carbonyl (C=O) groups is 2. The third-order valence-corrected chi connectivity index (χ3v) is 7.22. The van der Waals surface area contributed by atoms with E-state index in [1.807, 2.05) is 36.1 Å². The molecule has 4 rings (SSSR count). The zero-order valence-corrected chi connectivity index (χ0v) is 22.6. The van der Waals surface area contributed by atoms with Gasteiger partial charge in [-0.05, 0) is 55.5 Å². The second-order valence-electron chi connectivity index (χ2n) is 10.0. The molecule has 0 saturated heterocycles. The van der Waals surface area contributed by atoms with Gasteiger partial charge in [0.2, 0.25) is 0 Å². The van der Waals surface area contributed by atoms with E-state index in [1.54, 1.807) is 21.7 Å². The van der Waals surface area contributed by atoms with Gasteiger partial charge in [0.1, 0.15) is 5.75 Å². The van der Waals surface area contributed by atoms with Crippen molar-refractivity contribution in [2.75, 3.05) is 19.7 Å². The Morgan fingerprint density at radius 1 is 1.03 bits per heavy atom. The average Bonchev–Trinajstić information content (AvgIpc) is 3.32. The van der Waals surface area contributed by atoms with Gasteiger partial charge >= 0.3 is 0 Å². The highest BCUT2D eigenvalue weighted by molar-refractivity contribution is 5.98. The van der Waals surface area contributed by atoms with Crippen LogP contribution in [0.2, 0.25) is 0 Å². The molecular formula is C30H38N4O4. The number of rotatable bonds is 10. The van der Waals surface area contributed by atoms with Crippen LogP contribution in [0.15, 0.2) is 48.5 Å². The average molecular weight is 519 g/mol. The summed E-state index contributed by atoms with van der Waals surface area (Å²) in [5, 5.41) is 25.0. The summed E-state index contributed by atoms with van der Waals surface area (Å²) in [7, 11) is 0. The van der Waals surface area contributed by atoms with Crippen molar-refractivity contribution in [2.24, 2.45) is 0 Å². The lowest BCUT2D eigenvalue weighted by Gasteiger charge is -2.36. The summed E-state index contributed by atoms with van der Waals surface area (Å²) >= 11 is 0. The lowest BCUT2D eigenvalue weighted by atomic mass is 9.93. The Hall–Kier alpha value is -3.65. The SMILES string of the molecule is CCCCN(CCCC)C(=O)c1cc(C)n(-c2cc(O)ccc2C(=O)N2Cc3ccccc3C[C@H]2CO)n1. The van der Waals surface area contributed by atoms with Gasteiger partial charge in [-0.3, -0.25) is 9.59 Å². The number of aliphatic hydroxyl groups excluding tert-OH is 1. The molecule has 202 valence electrons. The van der Waals surface area contributed by atoms with Crippen molar-refractivity contribution >= 4 is 11.8 Å². The van der Waals surface area contributed by atoms with E-state index in [0.717, 1.165) is 36.8 Å². The van der Waals surface area contributed by atoms with Crippen LogP contribution in [0.3, 0.4) is 0 Å². The lowest BCUT2D eigenvalue weighted by Crippen LogP contribution is -2.46. The predicted octanol–water partition coefficient (Wildman–Crippen LogP) is 4.49. The molecule has 2 heterocycles. The van der Waals surface area contributed by atoms with E-state index in [0.29, 0.717) is 48.7 Å². The molecule has 0 spiro atoms. The summed E-state index contributed by atoms with van der Waals surface area (Å²) in [5.74, 6) is -0.395. The minimum Gasteiger partial charge on any atom is -0.508 e. The number of phenols is 1. The first-order valence-corrected chi connectivity index (χ1v) is 13.6. The number of aromatic nitrogens is 2. The van der Waals surface area contributed by atoms with Crippen LogP contribution in [-0.2, 0) is 13.0 Å². The molecule has 0 aliphatic carbocycles. The summed E-state index contributed by atoms with van der Waals surface area (Å²) in [6.45, 7) is 7.61. The number of benzene rings is 2. The number of carbonyl (C=O) groups excluding carboxylic acids is 2. The molecule has 1 aliphatic rings. The molecular weight excluding hydrogens is 480 g/mol. The molecule has 0 radical (unpaired) electrons. The van der Waals surface area contributed by atoms with Gasteiger partial charge in [-0.15, -0.1) is 0 Å². The fourth-order valence-electron chi connectivity index (χ4n) is 5.02. The van der Waals surface area contributed by atoms with E-state index in [4.69, 9.17) is 0 Å². The number of phenolic OH excluding ortho intramolecular Hbond substituents is 1. The van der Waals surface area contributed by atoms with Gasteiger partial charge in [-0.25, -0.2) is 4.68 Å². The summed E-state index contributed by atoms with van der Waals surface area (Å²) in [4.78, 5) is 30.8. The molecule has 8 heteroatoms. The van der Waals surface area contributed by atoms with Crippen molar-refractivity contribution in [3.05, 3.63) is 76.6 Å². The van der Waals surface area contributed by atoms with Crippen LogP contribution in [0, 0.1) is 6.92 Å². The molecule has 1 aromatic heterocycles. The molecule has 0 saturated carbocycles. The monoisotopic (exact) mass is 518 g/mol. The molecule has 2 amide bonds. The Morgan fingerprint density at radius 3 is 2.37 bits per heavy atom. The van der Waals surface area contributed by atoms with Crippen molar-refractivity contribution in [2.45, 2.75) is 65.5 Å². The normalized spacial score (nSPS) is 14.8. The number of aliphatic hydroxyl groups is 1. The zero-order chi connectivity index (χ0) is 27.2. The van der Waals surface area contributed by atoms with Crippen molar-refractivity contribution in [3.63, 3.8) is 0 Å². The quantitative estimate of drug-likeness (QED) is 0.412. The molecule has 1 aliphatic heterocycles. The third-order valence-electron chi connectivity index (χ3n) is 7.22. The van der Waals surface area contributed by atoms with Crippen LogP contribution >= 0.6 is 0 Å². The highest BCUT2D eigenvalue weighted by Gasteiger charge is 2.32. The molecule has 2 N–H and O–H groups in total. The van der Waals surface area contributed by atoms with Crippen LogP contribution < -0.4 is 0 Å². The molecule has 2 aromatic carbocycles. The number of nitrogens with zero attached hydrogens (tertiary/aromatic N) is 4. The largest absolute Gasteiger partial charge is 0.508 e. The highest BCUT2D eigenvalue weighted by Crippen LogP contribution is 2.29. The summed E-state index contributed by atoms with van der Waals surface area (Å²) in [6, 6.07) is 13.9. The Kier molecular flexibility index (Phi) is 8.84. The molecule has 0 fully saturated rings. The summed E-state index contributed by atoms with van der Waals surface area (Å²) in [6.07, 6.45) is 4.40. The van der Waals surface area contributed by atoms with Gasteiger partial charge in [0.05, 0.1) is 23.9 Å². The number of aryl methyl sites for hydroxylation is 1. The first kappa shape index (κ1) is 27.4. The zero-order valence-electron chi connectivity index (χ0n) is 22.6. The van der Waals surface area contributed by atoms with Crippen LogP contribution in [0.25, 0.3) is 5.69 Å². The van der Waals surface area contributed by atoms with Gasteiger partial charge in [-0.1, -0.05) is 51.0 Å². The minimum absolute atomic E-state index is 0.00505. The number of fused-ring (bicyclic) bond motifs is 1. The fourth-order valence-corrected chi connectivity index (χ4v) is 5.02. The molecule has 38 heavy (non-hydrogen) atoms. The van der Waals surface area contributed by atoms with E-state index in [1.165, 1.54) is 12.1 Å². The maximum Gasteiger partial charge on any atom is 0.274 e. The summed E-state index contributed by atoms with van der Waals surface area (Å²) in [5.41, 5.74) is 3.92. The van der Waals surface area contributed by atoms with Crippen molar-refractivity contribution < 1.29 is 19.8 Å². The maximum absolute atomic E-state index is 13.9. The fraction of sp³-hybridized carbons (Fsp3) is 0.433. The second kappa shape index (κ2) is 12.3. The van der Waals surface area contributed by atoms with E-state index < -0.39 is 0 Å². The standard InChI is InChI=1S/C30H38N4O4/c1-4-6-14-32(15-7-5-2)30(38)27-16-21(3)34(31-27)28-18-25(36)12-13-26(28)29(37)33-19-23-11-9-8-10-22(23)17-24(33)20-35/h8-13,16,18,24,35-36H,4-7,14-15,17,19-20H2,1-3H3/t24-/m0/s1. The summed E-state index contributed by atoms with van der Waals surface area (Å²) < 4.78 is 1.56. The molecule has 3 aromatic rings. The smallest absolute Gasteiger partial charge is 0.274 e.